The van der Waals surface area contributed by atoms with Gasteiger partial charge in [0, 0.05) is 30.0 Å². The molecule has 9 heteroatoms. The molecule has 9 nitrogen and oxygen atoms in total. The lowest BCUT2D eigenvalue weighted by Gasteiger charge is -2.47. The van der Waals surface area contributed by atoms with Crippen molar-refractivity contribution < 1.29 is 33.3 Å². The number of likely N-dealkylation sites (tertiary alicyclic amines) is 1. The van der Waals surface area contributed by atoms with Gasteiger partial charge in [-0.3, -0.25) is 4.79 Å². The first kappa shape index (κ1) is 28.8. The van der Waals surface area contributed by atoms with Crippen molar-refractivity contribution in [2.75, 3.05) is 34.4 Å². The number of piperidine rings is 1. The van der Waals surface area contributed by atoms with E-state index in [1.807, 2.05) is 38.1 Å². The van der Waals surface area contributed by atoms with Crippen LogP contribution in [0.2, 0.25) is 0 Å². The Morgan fingerprint density at radius 2 is 1.76 bits per heavy atom. The lowest BCUT2D eigenvalue weighted by Crippen LogP contribution is -2.55. The van der Waals surface area contributed by atoms with Gasteiger partial charge in [0.1, 0.15) is 17.9 Å². The van der Waals surface area contributed by atoms with Crippen LogP contribution in [-0.2, 0) is 17.8 Å². The van der Waals surface area contributed by atoms with Gasteiger partial charge in [0.05, 0.1) is 38.9 Å². The average Bonchev–Trinajstić information content (AvgIpc) is 2.97. The van der Waals surface area contributed by atoms with Crippen LogP contribution in [0.3, 0.4) is 0 Å². The Bertz CT molecular complexity index is 1490. The van der Waals surface area contributed by atoms with Crippen molar-refractivity contribution in [2.24, 2.45) is 5.92 Å². The van der Waals surface area contributed by atoms with E-state index < -0.39 is 11.2 Å². The second-order valence-electron chi connectivity index (χ2n) is 11.2. The van der Waals surface area contributed by atoms with E-state index in [-0.39, 0.29) is 24.9 Å². The summed E-state index contributed by atoms with van der Waals surface area (Å²) in [5.74, 6) is 2.14. The highest BCUT2D eigenvalue weighted by Gasteiger charge is 2.43. The molecule has 41 heavy (non-hydrogen) atoms. The molecule has 220 valence electrons. The summed E-state index contributed by atoms with van der Waals surface area (Å²) in [7, 11) is 4.67. The van der Waals surface area contributed by atoms with Gasteiger partial charge in [-0.05, 0) is 68.5 Å². The third-order valence-electron chi connectivity index (χ3n) is 8.88. The Hall–Kier alpha value is -3.72. The molecule has 2 aliphatic rings. The number of benzene rings is 2. The fourth-order valence-corrected chi connectivity index (χ4v) is 6.37. The molecule has 1 aliphatic heterocycles. The molecule has 1 saturated heterocycles. The van der Waals surface area contributed by atoms with Crippen molar-refractivity contribution in [2.45, 2.75) is 64.6 Å². The first-order valence-electron chi connectivity index (χ1n) is 14.2. The van der Waals surface area contributed by atoms with E-state index in [0.717, 1.165) is 42.2 Å². The van der Waals surface area contributed by atoms with Crippen molar-refractivity contribution >= 4 is 16.9 Å². The highest BCUT2D eigenvalue weighted by molar-refractivity contribution is 5.87. The summed E-state index contributed by atoms with van der Waals surface area (Å²) in [6.07, 6.45) is 4.42. The van der Waals surface area contributed by atoms with Gasteiger partial charge in [0.2, 0.25) is 11.7 Å². The van der Waals surface area contributed by atoms with Gasteiger partial charge in [0.25, 0.3) is 0 Å². The zero-order valence-electron chi connectivity index (χ0n) is 24.5. The molecule has 2 fully saturated rings. The lowest BCUT2D eigenvalue weighted by atomic mass is 9.71. The molecular weight excluding hydrogens is 526 g/mol. The number of methoxy groups -OCH3 is 3. The number of aryl methyl sites for hydroxylation is 2. The molecule has 0 spiro atoms. The number of amides is 1. The van der Waals surface area contributed by atoms with Crippen LogP contribution in [0.15, 0.2) is 33.5 Å². The number of ether oxygens (including phenoxy) is 4. The lowest BCUT2D eigenvalue weighted by molar-refractivity contribution is -0.142. The summed E-state index contributed by atoms with van der Waals surface area (Å²) in [5.41, 5.74) is 1.88. The minimum atomic E-state index is -0.657. The summed E-state index contributed by atoms with van der Waals surface area (Å²) in [4.78, 5) is 28.2. The quantitative estimate of drug-likeness (QED) is 0.392. The van der Waals surface area contributed by atoms with Crippen molar-refractivity contribution in [3.63, 3.8) is 0 Å². The summed E-state index contributed by atoms with van der Waals surface area (Å²) in [5, 5.41) is 11.7. The minimum absolute atomic E-state index is 0.0201. The smallest absolute Gasteiger partial charge is 0.340 e. The number of rotatable bonds is 8. The van der Waals surface area contributed by atoms with Crippen LogP contribution >= 0.6 is 0 Å². The second kappa shape index (κ2) is 11.6. The summed E-state index contributed by atoms with van der Waals surface area (Å²) in [6.45, 7) is 4.98. The molecule has 2 aromatic carbocycles. The van der Waals surface area contributed by atoms with Crippen LogP contribution in [0.5, 0.6) is 23.0 Å². The molecule has 1 aromatic heterocycles. The van der Waals surface area contributed by atoms with Crippen molar-refractivity contribution in [3.8, 4) is 23.0 Å². The highest BCUT2D eigenvalue weighted by Crippen LogP contribution is 2.41. The topological polar surface area (TPSA) is 108 Å². The van der Waals surface area contributed by atoms with Crippen LogP contribution in [0.4, 0.5) is 0 Å². The van der Waals surface area contributed by atoms with E-state index in [4.69, 9.17) is 23.4 Å². The predicted molar refractivity (Wildman–Crippen MR) is 154 cm³/mol. The van der Waals surface area contributed by atoms with Gasteiger partial charge in [-0.25, -0.2) is 4.79 Å². The predicted octanol–water partition coefficient (Wildman–Crippen LogP) is 4.71. The van der Waals surface area contributed by atoms with Crippen LogP contribution in [-0.4, -0.2) is 55.9 Å². The molecule has 1 N–H and O–H groups in total. The highest BCUT2D eigenvalue weighted by atomic mass is 16.5. The van der Waals surface area contributed by atoms with Crippen molar-refractivity contribution in [1.29, 1.82) is 0 Å². The van der Waals surface area contributed by atoms with Gasteiger partial charge in [-0.1, -0.05) is 12.8 Å². The molecule has 0 radical (unpaired) electrons. The van der Waals surface area contributed by atoms with Crippen LogP contribution in [0.25, 0.3) is 11.0 Å². The Balaban J connectivity index is 1.35. The molecule has 1 saturated carbocycles. The van der Waals surface area contributed by atoms with E-state index in [9.17, 15) is 14.7 Å². The maximum absolute atomic E-state index is 13.3. The molecule has 0 unspecified atom stereocenters. The van der Waals surface area contributed by atoms with Gasteiger partial charge >= 0.3 is 5.63 Å². The monoisotopic (exact) mass is 565 g/mol. The summed E-state index contributed by atoms with van der Waals surface area (Å²) >= 11 is 0. The fraction of sp³-hybridized carbons (Fsp3) is 0.500. The molecule has 5 rings (SSSR count). The minimum Gasteiger partial charge on any atom is -0.493 e. The van der Waals surface area contributed by atoms with Crippen molar-refractivity contribution in [3.05, 3.63) is 56.9 Å². The Kier molecular flexibility index (Phi) is 8.18. The number of carbonyl (C=O) groups is 1. The second-order valence-corrected chi connectivity index (χ2v) is 11.2. The first-order chi connectivity index (χ1) is 19.7. The summed E-state index contributed by atoms with van der Waals surface area (Å²) in [6, 6.07) is 7.36. The number of nitrogens with zero attached hydrogens (tertiary/aromatic N) is 1. The van der Waals surface area contributed by atoms with E-state index >= 15 is 0 Å². The maximum atomic E-state index is 13.3. The van der Waals surface area contributed by atoms with Gasteiger partial charge < -0.3 is 33.4 Å². The molecule has 1 amide bonds. The molecule has 0 bridgehead atoms. The van der Waals surface area contributed by atoms with Gasteiger partial charge in [-0.2, -0.15) is 0 Å². The standard InChI is InChI=1S/C32H39NO8/c1-19-23-9-10-25(40-18-21-14-26(37-3)30(39-5)27(15-21)38-4)20(2)29(23)41-31(35)24(19)16-28(34)33-13-12-32(36)11-7-6-8-22(32)17-33/h9-10,14-15,22,36H,6-8,11-13,16-18H2,1-5H3/t22-,32-/m1/s1. The molecule has 2 heterocycles. The molecule has 3 aromatic rings. The molecule has 1 aliphatic carbocycles. The molecular formula is C32H39NO8. The largest absolute Gasteiger partial charge is 0.493 e. The Morgan fingerprint density at radius 3 is 2.44 bits per heavy atom. The zero-order valence-corrected chi connectivity index (χ0v) is 24.5. The van der Waals surface area contributed by atoms with Crippen LogP contribution < -0.4 is 24.6 Å². The van der Waals surface area contributed by atoms with Crippen LogP contribution in [0.1, 0.15) is 54.4 Å². The van der Waals surface area contributed by atoms with E-state index in [2.05, 4.69) is 0 Å². The van der Waals surface area contributed by atoms with Crippen molar-refractivity contribution in [1.82, 2.24) is 4.90 Å². The normalized spacial score (nSPS) is 20.4. The van der Waals surface area contributed by atoms with E-state index in [1.54, 1.807) is 26.2 Å². The van der Waals surface area contributed by atoms with E-state index in [0.29, 0.717) is 59.2 Å². The molecule has 2 atom stereocenters. The third-order valence-corrected chi connectivity index (χ3v) is 8.88. The number of aliphatic hydroxyl groups is 1. The number of carbonyl (C=O) groups excluding carboxylic acids is 1. The number of fused-ring (bicyclic) bond motifs is 2. The number of hydrogen-bond donors (Lipinski definition) is 1. The Labute approximate surface area is 239 Å². The third kappa shape index (κ3) is 5.47. The van der Waals surface area contributed by atoms with E-state index in [1.165, 1.54) is 0 Å². The number of hydrogen-bond acceptors (Lipinski definition) is 8. The van der Waals surface area contributed by atoms with Crippen LogP contribution in [0, 0.1) is 19.8 Å². The summed E-state index contributed by atoms with van der Waals surface area (Å²) < 4.78 is 28.2. The van der Waals surface area contributed by atoms with Gasteiger partial charge in [0.15, 0.2) is 11.5 Å². The average molecular weight is 566 g/mol. The maximum Gasteiger partial charge on any atom is 0.340 e. The van der Waals surface area contributed by atoms with Gasteiger partial charge in [-0.15, -0.1) is 0 Å². The fourth-order valence-electron chi connectivity index (χ4n) is 6.37. The Morgan fingerprint density at radius 1 is 1.02 bits per heavy atom. The zero-order chi connectivity index (χ0) is 29.3. The SMILES string of the molecule is COc1cc(COc2ccc3c(C)c(CC(=O)N4CC[C@]5(O)CCCC[C@@H]5C4)c(=O)oc3c2C)cc(OC)c1OC. The first-order valence-corrected chi connectivity index (χ1v) is 14.2.